The maximum atomic E-state index is 5.48. The van der Waals surface area contributed by atoms with Crippen molar-refractivity contribution in [1.82, 2.24) is 15.1 Å². The van der Waals surface area contributed by atoms with Gasteiger partial charge in [0.25, 0.3) is 0 Å². The Balaban J connectivity index is 1.93. The summed E-state index contributed by atoms with van der Waals surface area (Å²) in [7, 11) is 6.29. The van der Waals surface area contributed by atoms with Gasteiger partial charge in [-0.25, -0.2) is 4.99 Å². The van der Waals surface area contributed by atoms with Crippen LogP contribution in [0.5, 0.6) is 0 Å². The van der Waals surface area contributed by atoms with Gasteiger partial charge in [-0.2, -0.15) is 0 Å². The Hall–Kier alpha value is -1.59. The van der Waals surface area contributed by atoms with Gasteiger partial charge in [-0.05, 0) is 38.6 Å². The maximum Gasteiger partial charge on any atom is 0.193 e. The zero-order valence-electron chi connectivity index (χ0n) is 15.6. The largest absolute Gasteiger partial charge is 0.381 e. The summed E-state index contributed by atoms with van der Waals surface area (Å²) in [5, 5.41) is 3.39. The van der Waals surface area contributed by atoms with Gasteiger partial charge in [-0.3, -0.25) is 0 Å². The third-order valence-corrected chi connectivity index (χ3v) is 4.19. The smallest absolute Gasteiger partial charge is 0.193 e. The molecule has 0 aliphatic carbocycles. The summed E-state index contributed by atoms with van der Waals surface area (Å²) >= 11 is 0. The SMILES string of the molecule is CCNC(=NCc1ccc(CN(C)C)cc1)N(C)CC1CCOC1. The average molecular weight is 332 g/mol. The standard InChI is InChI=1S/C19H32N4O/c1-5-20-19(23(4)14-18-10-11-24-15-18)21-12-16-6-8-17(9-7-16)13-22(2)3/h6-9,18H,5,10-15H2,1-4H3,(H,20,21). The van der Waals surface area contributed by atoms with Crippen LogP contribution in [0.4, 0.5) is 0 Å². The number of nitrogens with zero attached hydrogens (tertiary/aromatic N) is 3. The van der Waals surface area contributed by atoms with Gasteiger partial charge in [0, 0.05) is 39.2 Å². The first-order valence-corrected chi connectivity index (χ1v) is 8.88. The van der Waals surface area contributed by atoms with E-state index >= 15 is 0 Å². The van der Waals surface area contributed by atoms with Crippen LogP contribution < -0.4 is 5.32 Å². The van der Waals surface area contributed by atoms with Gasteiger partial charge in [0.1, 0.15) is 0 Å². The Morgan fingerprint density at radius 1 is 1.21 bits per heavy atom. The van der Waals surface area contributed by atoms with Crippen molar-refractivity contribution >= 4 is 5.96 Å². The number of hydrogen-bond acceptors (Lipinski definition) is 3. The lowest BCUT2D eigenvalue weighted by Gasteiger charge is -2.24. The number of benzene rings is 1. The molecule has 1 atom stereocenters. The summed E-state index contributed by atoms with van der Waals surface area (Å²) in [4.78, 5) is 9.20. The minimum absolute atomic E-state index is 0.615. The number of aliphatic imine (C=N–C) groups is 1. The second-order valence-corrected chi connectivity index (χ2v) is 6.83. The second kappa shape index (κ2) is 9.64. The molecule has 0 aromatic heterocycles. The number of ether oxygens (including phenoxy) is 1. The van der Waals surface area contributed by atoms with Crippen LogP contribution >= 0.6 is 0 Å². The fraction of sp³-hybridized carbons (Fsp3) is 0.632. The molecule has 1 heterocycles. The van der Waals surface area contributed by atoms with E-state index in [4.69, 9.17) is 9.73 Å². The maximum absolute atomic E-state index is 5.48. The molecular weight excluding hydrogens is 300 g/mol. The van der Waals surface area contributed by atoms with E-state index in [0.29, 0.717) is 12.5 Å². The van der Waals surface area contributed by atoms with Crippen LogP contribution in [0.1, 0.15) is 24.5 Å². The quantitative estimate of drug-likeness (QED) is 0.614. The molecule has 0 bridgehead atoms. The molecule has 2 rings (SSSR count). The second-order valence-electron chi connectivity index (χ2n) is 6.83. The van der Waals surface area contributed by atoms with Crippen molar-refractivity contribution in [2.45, 2.75) is 26.4 Å². The summed E-state index contributed by atoms with van der Waals surface area (Å²) in [6.45, 7) is 7.43. The van der Waals surface area contributed by atoms with E-state index in [-0.39, 0.29) is 0 Å². The molecule has 1 aliphatic heterocycles. The number of rotatable bonds is 7. The highest BCUT2D eigenvalue weighted by Gasteiger charge is 2.18. The fourth-order valence-electron chi connectivity index (χ4n) is 2.95. The Morgan fingerprint density at radius 2 is 1.92 bits per heavy atom. The summed E-state index contributed by atoms with van der Waals surface area (Å²) in [6.07, 6.45) is 1.15. The molecule has 1 aliphatic rings. The fourth-order valence-corrected chi connectivity index (χ4v) is 2.95. The van der Waals surface area contributed by atoms with E-state index in [0.717, 1.165) is 45.2 Å². The highest BCUT2D eigenvalue weighted by atomic mass is 16.5. The molecule has 1 aromatic carbocycles. The van der Waals surface area contributed by atoms with E-state index < -0.39 is 0 Å². The minimum atomic E-state index is 0.615. The number of guanidine groups is 1. The molecule has 1 unspecified atom stereocenters. The summed E-state index contributed by atoms with van der Waals surface area (Å²) < 4.78 is 5.48. The van der Waals surface area contributed by atoms with Gasteiger partial charge in [-0.15, -0.1) is 0 Å². The van der Waals surface area contributed by atoms with Crippen molar-refractivity contribution in [1.29, 1.82) is 0 Å². The molecule has 1 aromatic rings. The van der Waals surface area contributed by atoms with E-state index in [1.54, 1.807) is 0 Å². The third kappa shape index (κ3) is 6.13. The zero-order chi connectivity index (χ0) is 17.4. The predicted molar refractivity (Wildman–Crippen MR) is 100 cm³/mol. The third-order valence-electron chi connectivity index (χ3n) is 4.19. The van der Waals surface area contributed by atoms with Crippen LogP contribution in [-0.4, -0.2) is 63.2 Å². The van der Waals surface area contributed by atoms with Crippen LogP contribution in [0, 0.1) is 5.92 Å². The monoisotopic (exact) mass is 332 g/mol. The molecular formula is C19H32N4O. The zero-order valence-corrected chi connectivity index (χ0v) is 15.6. The van der Waals surface area contributed by atoms with Gasteiger partial charge in [0.15, 0.2) is 5.96 Å². The Kier molecular flexibility index (Phi) is 7.53. The van der Waals surface area contributed by atoms with Crippen molar-refractivity contribution in [3.8, 4) is 0 Å². The lowest BCUT2D eigenvalue weighted by molar-refractivity contribution is 0.181. The lowest BCUT2D eigenvalue weighted by Crippen LogP contribution is -2.41. The normalized spacial score (nSPS) is 18.2. The first-order chi connectivity index (χ1) is 11.6. The van der Waals surface area contributed by atoms with Gasteiger partial charge in [-0.1, -0.05) is 24.3 Å². The average Bonchev–Trinajstić information content (AvgIpc) is 3.05. The molecule has 1 fully saturated rings. The van der Waals surface area contributed by atoms with E-state index in [1.807, 2.05) is 0 Å². The van der Waals surface area contributed by atoms with Crippen LogP contribution in [0.25, 0.3) is 0 Å². The van der Waals surface area contributed by atoms with Crippen LogP contribution in [-0.2, 0) is 17.8 Å². The molecule has 5 heteroatoms. The summed E-state index contributed by atoms with van der Waals surface area (Å²) in [6, 6.07) is 8.74. The highest BCUT2D eigenvalue weighted by Crippen LogP contribution is 2.13. The minimum Gasteiger partial charge on any atom is -0.381 e. The van der Waals surface area contributed by atoms with Crippen molar-refractivity contribution in [2.24, 2.45) is 10.9 Å². The topological polar surface area (TPSA) is 40.1 Å². The Morgan fingerprint density at radius 3 is 2.50 bits per heavy atom. The molecule has 0 saturated carbocycles. The van der Waals surface area contributed by atoms with Crippen molar-refractivity contribution in [2.75, 3.05) is 47.4 Å². The van der Waals surface area contributed by atoms with Crippen LogP contribution in [0.15, 0.2) is 29.3 Å². The molecule has 1 saturated heterocycles. The molecule has 24 heavy (non-hydrogen) atoms. The molecule has 5 nitrogen and oxygen atoms in total. The Labute approximate surface area is 146 Å². The molecule has 0 radical (unpaired) electrons. The molecule has 0 amide bonds. The van der Waals surface area contributed by atoms with E-state index in [1.165, 1.54) is 11.1 Å². The van der Waals surface area contributed by atoms with E-state index in [2.05, 4.69) is 67.4 Å². The Bertz CT molecular complexity index is 507. The molecule has 0 spiro atoms. The van der Waals surface area contributed by atoms with Crippen LogP contribution in [0.2, 0.25) is 0 Å². The van der Waals surface area contributed by atoms with Gasteiger partial charge in [0.2, 0.25) is 0 Å². The summed E-state index contributed by atoms with van der Waals surface area (Å²) in [5.41, 5.74) is 2.57. The molecule has 1 N–H and O–H groups in total. The first-order valence-electron chi connectivity index (χ1n) is 8.88. The van der Waals surface area contributed by atoms with Crippen molar-refractivity contribution in [3.05, 3.63) is 35.4 Å². The van der Waals surface area contributed by atoms with Gasteiger partial charge < -0.3 is 19.9 Å². The molecule has 134 valence electrons. The highest BCUT2D eigenvalue weighted by molar-refractivity contribution is 5.79. The van der Waals surface area contributed by atoms with E-state index in [9.17, 15) is 0 Å². The van der Waals surface area contributed by atoms with Gasteiger partial charge in [0.05, 0.1) is 13.2 Å². The lowest BCUT2D eigenvalue weighted by atomic mass is 10.1. The van der Waals surface area contributed by atoms with Crippen molar-refractivity contribution < 1.29 is 4.74 Å². The predicted octanol–water partition coefficient (Wildman–Crippen LogP) is 2.18. The number of nitrogens with one attached hydrogen (secondary N) is 1. The summed E-state index contributed by atoms with van der Waals surface area (Å²) in [5.74, 6) is 1.59. The number of hydrogen-bond donors (Lipinski definition) is 1. The van der Waals surface area contributed by atoms with Crippen LogP contribution in [0.3, 0.4) is 0 Å². The first kappa shape index (κ1) is 18.7. The van der Waals surface area contributed by atoms with Crippen molar-refractivity contribution in [3.63, 3.8) is 0 Å². The van der Waals surface area contributed by atoms with Gasteiger partial charge >= 0.3 is 0 Å².